The van der Waals surface area contributed by atoms with Crippen LogP contribution in [0, 0.1) is 0 Å². The molecule has 0 spiro atoms. The van der Waals surface area contributed by atoms with Crippen molar-refractivity contribution in [3.63, 3.8) is 0 Å². The van der Waals surface area contributed by atoms with Gasteiger partial charge in [-0.15, -0.1) is 0 Å². The number of hydrogen-bond acceptors (Lipinski definition) is 0. The van der Waals surface area contributed by atoms with Gasteiger partial charge in [-0.2, -0.15) is 0 Å². The predicted octanol–water partition coefficient (Wildman–Crippen LogP) is 3.49. The Balaban J connectivity index is 2.78. The van der Waals surface area contributed by atoms with Crippen LogP contribution < -0.4 is 0 Å². The van der Waals surface area contributed by atoms with Crippen molar-refractivity contribution >= 4 is 26.8 Å². The summed E-state index contributed by atoms with van der Waals surface area (Å²) in [6.45, 7) is 2.18. The number of benzene rings is 1. The molecule has 1 heterocycles. The standard InChI is InChI=1S/C10H10BrN/c1-2-7-4-3-5-9-8(7)6-10(11)12-9/h3-6,12H,2H2,1H3. The predicted molar refractivity (Wildman–Crippen MR) is 55.4 cm³/mol. The summed E-state index contributed by atoms with van der Waals surface area (Å²) >= 11 is 3.43. The highest BCUT2D eigenvalue weighted by molar-refractivity contribution is 9.10. The minimum Gasteiger partial charge on any atom is -0.349 e. The number of hydrogen-bond donors (Lipinski definition) is 1. The molecule has 2 heteroatoms. The molecule has 0 unspecified atom stereocenters. The van der Waals surface area contributed by atoms with Gasteiger partial charge in [0.1, 0.15) is 0 Å². The fraction of sp³-hybridized carbons (Fsp3) is 0.200. The van der Waals surface area contributed by atoms with Crippen LogP contribution in [0.25, 0.3) is 10.9 Å². The first-order valence-corrected chi connectivity index (χ1v) is 4.86. The molecule has 1 nitrogen and oxygen atoms in total. The van der Waals surface area contributed by atoms with Crippen LogP contribution in [0.15, 0.2) is 28.9 Å². The molecule has 12 heavy (non-hydrogen) atoms. The van der Waals surface area contributed by atoms with Crippen molar-refractivity contribution in [1.82, 2.24) is 4.98 Å². The third-order valence-electron chi connectivity index (χ3n) is 2.10. The number of rotatable bonds is 1. The Kier molecular flexibility index (Phi) is 1.93. The Morgan fingerprint density at radius 2 is 2.25 bits per heavy atom. The number of aromatic nitrogens is 1. The second-order valence-corrected chi connectivity index (χ2v) is 3.70. The van der Waals surface area contributed by atoms with Gasteiger partial charge in [-0.05, 0) is 40.0 Å². The van der Waals surface area contributed by atoms with Crippen LogP contribution in [0.4, 0.5) is 0 Å². The zero-order valence-electron chi connectivity index (χ0n) is 6.89. The maximum Gasteiger partial charge on any atom is 0.0831 e. The number of aromatic amines is 1. The highest BCUT2D eigenvalue weighted by Crippen LogP contribution is 2.22. The second kappa shape index (κ2) is 2.94. The van der Waals surface area contributed by atoms with Crippen LogP contribution >= 0.6 is 15.9 Å². The first kappa shape index (κ1) is 7.87. The third-order valence-corrected chi connectivity index (χ3v) is 2.53. The van der Waals surface area contributed by atoms with E-state index in [-0.39, 0.29) is 0 Å². The van der Waals surface area contributed by atoms with Crippen molar-refractivity contribution in [2.24, 2.45) is 0 Å². The molecule has 2 aromatic rings. The van der Waals surface area contributed by atoms with E-state index >= 15 is 0 Å². The number of H-pyrrole nitrogens is 1. The number of aryl methyl sites for hydroxylation is 1. The van der Waals surface area contributed by atoms with Gasteiger partial charge in [0.05, 0.1) is 4.60 Å². The molecule has 1 aromatic heterocycles. The lowest BCUT2D eigenvalue weighted by Gasteiger charge is -1.96. The van der Waals surface area contributed by atoms with Gasteiger partial charge in [-0.25, -0.2) is 0 Å². The molecule has 1 aromatic carbocycles. The van der Waals surface area contributed by atoms with E-state index in [9.17, 15) is 0 Å². The monoisotopic (exact) mass is 223 g/mol. The molecule has 0 amide bonds. The molecule has 0 atom stereocenters. The van der Waals surface area contributed by atoms with Gasteiger partial charge in [0, 0.05) is 10.9 Å². The van der Waals surface area contributed by atoms with Crippen molar-refractivity contribution in [3.8, 4) is 0 Å². The molecule has 1 N–H and O–H groups in total. The summed E-state index contributed by atoms with van der Waals surface area (Å²) in [5, 5.41) is 1.33. The van der Waals surface area contributed by atoms with Gasteiger partial charge in [0.2, 0.25) is 0 Å². The van der Waals surface area contributed by atoms with Crippen molar-refractivity contribution < 1.29 is 0 Å². The van der Waals surface area contributed by atoms with E-state index in [4.69, 9.17) is 0 Å². The van der Waals surface area contributed by atoms with E-state index in [2.05, 4.69) is 52.1 Å². The molecule has 0 fully saturated rings. The topological polar surface area (TPSA) is 15.8 Å². The van der Waals surface area contributed by atoms with E-state index in [1.807, 2.05) is 0 Å². The zero-order chi connectivity index (χ0) is 8.55. The zero-order valence-corrected chi connectivity index (χ0v) is 8.48. The SMILES string of the molecule is CCc1cccc2[nH]c(Br)cc12. The van der Waals surface area contributed by atoms with Crippen LogP contribution in [0.2, 0.25) is 0 Å². The van der Waals surface area contributed by atoms with Crippen LogP contribution in [0.5, 0.6) is 0 Å². The Labute approximate surface area is 79.9 Å². The quantitative estimate of drug-likeness (QED) is 0.763. The normalized spacial score (nSPS) is 10.8. The van der Waals surface area contributed by atoms with Crippen LogP contribution in [0.1, 0.15) is 12.5 Å². The molecule has 0 saturated carbocycles. The molecule has 62 valence electrons. The van der Waals surface area contributed by atoms with E-state index in [1.165, 1.54) is 16.5 Å². The molecule has 0 radical (unpaired) electrons. The first-order chi connectivity index (χ1) is 5.81. The van der Waals surface area contributed by atoms with Gasteiger partial charge in [-0.3, -0.25) is 0 Å². The van der Waals surface area contributed by atoms with Gasteiger partial charge in [0.15, 0.2) is 0 Å². The largest absolute Gasteiger partial charge is 0.349 e. The van der Waals surface area contributed by atoms with Gasteiger partial charge in [0.25, 0.3) is 0 Å². The Morgan fingerprint density at radius 3 is 3.00 bits per heavy atom. The number of nitrogens with one attached hydrogen (secondary N) is 1. The van der Waals surface area contributed by atoms with Gasteiger partial charge >= 0.3 is 0 Å². The number of fused-ring (bicyclic) bond motifs is 1. The number of halogens is 1. The van der Waals surface area contributed by atoms with Gasteiger partial charge in [-0.1, -0.05) is 19.1 Å². The van der Waals surface area contributed by atoms with Crippen LogP contribution in [-0.2, 0) is 6.42 Å². The molecule has 2 rings (SSSR count). The van der Waals surface area contributed by atoms with E-state index in [1.54, 1.807) is 0 Å². The fourth-order valence-corrected chi connectivity index (χ4v) is 1.93. The maximum atomic E-state index is 3.43. The van der Waals surface area contributed by atoms with E-state index in [0.29, 0.717) is 0 Å². The third kappa shape index (κ3) is 1.16. The molecule has 0 bridgehead atoms. The Hall–Kier alpha value is -0.760. The summed E-state index contributed by atoms with van der Waals surface area (Å²) in [6.07, 6.45) is 1.08. The summed E-state index contributed by atoms with van der Waals surface area (Å²) in [5.74, 6) is 0. The summed E-state index contributed by atoms with van der Waals surface area (Å²) in [6, 6.07) is 8.49. The molecule has 0 saturated heterocycles. The van der Waals surface area contributed by atoms with Crippen molar-refractivity contribution in [2.45, 2.75) is 13.3 Å². The molecular weight excluding hydrogens is 214 g/mol. The minimum atomic E-state index is 1.05. The highest BCUT2D eigenvalue weighted by Gasteiger charge is 2.01. The average Bonchev–Trinajstić information content (AvgIpc) is 2.44. The fourth-order valence-electron chi connectivity index (χ4n) is 1.49. The van der Waals surface area contributed by atoms with Crippen molar-refractivity contribution in [3.05, 3.63) is 34.4 Å². The summed E-state index contributed by atoms with van der Waals surface area (Å²) < 4.78 is 1.05. The second-order valence-electron chi connectivity index (χ2n) is 2.85. The van der Waals surface area contributed by atoms with E-state index < -0.39 is 0 Å². The van der Waals surface area contributed by atoms with Gasteiger partial charge < -0.3 is 4.98 Å². The maximum absolute atomic E-state index is 3.43. The van der Waals surface area contributed by atoms with Crippen LogP contribution in [0.3, 0.4) is 0 Å². The van der Waals surface area contributed by atoms with Crippen molar-refractivity contribution in [2.75, 3.05) is 0 Å². The highest BCUT2D eigenvalue weighted by atomic mass is 79.9. The smallest absolute Gasteiger partial charge is 0.0831 e. The molecular formula is C10H10BrN. The minimum absolute atomic E-state index is 1.05. The summed E-state index contributed by atoms with van der Waals surface area (Å²) in [4.78, 5) is 3.25. The molecule has 0 aliphatic heterocycles. The van der Waals surface area contributed by atoms with Crippen LogP contribution in [-0.4, -0.2) is 4.98 Å². The Morgan fingerprint density at radius 1 is 1.42 bits per heavy atom. The summed E-state index contributed by atoms with van der Waals surface area (Å²) in [7, 11) is 0. The lowest BCUT2D eigenvalue weighted by atomic mass is 10.1. The molecule has 0 aliphatic carbocycles. The summed E-state index contributed by atoms with van der Waals surface area (Å²) in [5.41, 5.74) is 2.61. The molecule has 0 aliphatic rings. The lowest BCUT2D eigenvalue weighted by molar-refractivity contribution is 1.16. The van der Waals surface area contributed by atoms with Crippen molar-refractivity contribution in [1.29, 1.82) is 0 Å². The Bertz CT molecular complexity index is 403. The first-order valence-electron chi connectivity index (χ1n) is 4.07. The van der Waals surface area contributed by atoms with E-state index in [0.717, 1.165) is 11.0 Å². The lowest BCUT2D eigenvalue weighted by Crippen LogP contribution is -1.79. The average molecular weight is 224 g/mol.